The molecule has 120 valence electrons. The monoisotopic (exact) mass is 321 g/mol. The number of thioether (sulfide) groups is 1. The average Bonchev–Trinajstić information content (AvgIpc) is 2.32. The van der Waals surface area contributed by atoms with E-state index in [1.165, 1.54) is 13.8 Å². The number of rotatable bonds is 7. The molecule has 0 aromatic heterocycles. The van der Waals surface area contributed by atoms with E-state index in [4.69, 9.17) is 4.74 Å². The van der Waals surface area contributed by atoms with Crippen molar-refractivity contribution in [2.24, 2.45) is 0 Å². The molecule has 1 atom stereocenters. The molecule has 0 aromatic carbocycles. The summed E-state index contributed by atoms with van der Waals surface area (Å²) >= 11 is 0.666. The van der Waals surface area contributed by atoms with Gasteiger partial charge < -0.3 is 19.5 Å². The Bertz CT molecular complexity index is 397. The molecule has 1 amide bonds. The molecule has 21 heavy (non-hydrogen) atoms. The predicted octanol–water partition coefficient (Wildman–Crippen LogP) is 0.833. The molecule has 0 heterocycles. The first kappa shape index (κ1) is 19.2. The first-order chi connectivity index (χ1) is 9.72. The van der Waals surface area contributed by atoms with Crippen LogP contribution in [0.25, 0.3) is 0 Å². The number of carbonyl (C=O) groups excluding carboxylic acids is 4. The number of amides is 1. The Labute approximate surface area is 126 Å². The number of nitrogens with one attached hydrogen (secondary N) is 1. The summed E-state index contributed by atoms with van der Waals surface area (Å²) in [5.74, 6) is -1.69. The summed E-state index contributed by atoms with van der Waals surface area (Å²) in [6.07, 6.45) is -0.338. The van der Waals surface area contributed by atoms with Gasteiger partial charge in [0.1, 0.15) is 6.04 Å². The SMILES string of the molecule is CC(=O)N[C@@H](CSC(=O)OCOC(C)=O)C(=O)OC(C)C. The standard InChI is InChI=1S/C12H19NO7S/c1-7(2)20-11(16)10(13-8(3)14)5-21-12(17)19-6-18-9(4)15/h7,10H,5-6H2,1-4H3,(H,13,14)/t10-/m0/s1. The fourth-order valence-electron chi connectivity index (χ4n) is 1.08. The summed E-state index contributed by atoms with van der Waals surface area (Å²) in [6, 6.07) is -0.962. The van der Waals surface area contributed by atoms with Crippen LogP contribution in [-0.4, -0.2) is 47.8 Å². The highest BCUT2D eigenvalue weighted by atomic mass is 32.2. The van der Waals surface area contributed by atoms with E-state index in [9.17, 15) is 19.2 Å². The molecule has 0 unspecified atom stereocenters. The highest BCUT2D eigenvalue weighted by molar-refractivity contribution is 8.13. The quantitative estimate of drug-likeness (QED) is 0.542. The van der Waals surface area contributed by atoms with Crippen molar-refractivity contribution >= 4 is 34.9 Å². The lowest BCUT2D eigenvalue weighted by atomic mass is 10.3. The van der Waals surface area contributed by atoms with Crippen molar-refractivity contribution in [1.82, 2.24) is 5.32 Å². The second kappa shape index (κ2) is 10.0. The smallest absolute Gasteiger partial charge is 0.370 e. The molecule has 0 saturated carbocycles. The molecular formula is C12H19NO7S. The molecule has 0 aliphatic heterocycles. The minimum Gasteiger partial charge on any atom is -0.461 e. The summed E-state index contributed by atoms with van der Waals surface area (Å²) in [6.45, 7) is 5.27. The maximum Gasteiger partial charge on any atom is 0.370 e. The number of hydrogen-bond donors (Lipinski definition) is 1. The molecular weight excluding hydrogens is 302 g/mol. The van der Waals surface area contributed by atoms with Gasteiger partial charge >= 0.3 is 17.2 Å². The zero-order valence-corrected chi connectivity index (χ0v) is 13.2. The van der Waals surface area contributed by atoms with Gasteiger partial charge in [-0.2, -0.15) is 0 Å². The van der Waals surface area contributed by atoms with Crippen LogP contribution in [-0.2, 0) is 28.6 Å². The van der Waals surface area contributed by atoms with E-state index in [1.54, 1.807) is 13.8 Å². The number of ether oxygens (including phenoxy) is 3. The van der Waals surface area contributed by atoms with E-state index in [0.29, 0.717) is 11.8 Å². The van der Waals surface area contributed by atoms with Crippen molar-refractivity contribution in [1.29, 1.82) is 0 Å². The largest absolute Gasteiger partial charge is 0.461 e. The van der Waals surface area contributed by atoms with Crippen LogP contribution in [0.15, 0.2) is 0 Å². The van der Waals surface area contributed by atoms with E-state index in [1.807, 2.05) is 0 Å². The Morgan fingerprint density at radius 3 is 2.19 bits per heavy atom. The highest BCUT2D eigenvalue weighted by Crippen LogP contribution is 2.09. The van der Waals surface area contributed by atoms with Crippen LogP contribution in [0.2, 0.25) is 0 Å². The van der Waals surface area contributed by atoms with Gasteiger partial charge in [-0.15, -0.1) is 0 Å². The summed E-state index contributed by atoms with van der Waals surface area (Å²) in [7, 11) is 0. The van der Waals surface area contributed by atoms with E-state index >= 15 is 0 Å². The Morgan fingerprint density at radius 2 is 1.71 bits per heavy atom. The Balaban J connectivity index is 4.28. The summed E-state index contributed by atoms with van der Waals surface area (Å²) in [5.41, 5.74) is 0. The van der Waals surface area contributed by atoms with Gasteiger partial charge in [-0.25, -0.2) is 9.59 Å². The van der Waals surface area contributed by atoms with Crippen LogP contribution in [0.5, 0.6) is 0 Å². The van der Waals surface area contributed by atoms with Crippen LogP contribution in [0.4, 0.5) is 4.79 Å². The van der Waals surface area contributed by atoms with Gasteiger partial charge in [0.2, 0.25) is 12.7 Å². The molecule has 8 nitrogen and oxygen atoms in total. The van der Waals surface area contributed by atoms with Gasteiger partial charge in [0.05, 0.1) is 6.10 Å². The van der Waals surface area contributed by atoms with Crippen molar-refractivity contribution in [3.8, 4) is 0 Å². The molecule has 0 fully saturated rings. The van der Waals surface area contributed by atoms with E-state index in [-0.39, 0.29) is 11.9 Å². The first-order valence-electron chi connectivity index (χ1n) is 6.13. The van der Waals surface area contributed by atoms with Crippen molar-refractivity contribution in [2.75, 3.05) is 12.5 Å². The Kier molecular flexibility index (Phi) is 9.18. The lowest BCUT2D eigenvalue weighted by Crippen LogP contribution is -2.43. The van der Waals surface area contributed by atoms with E-state index < -0.39 is 36.0 Å². The minimum absolute atomic E-state index is 0.0515. The molecule has 0 spiro atoms. The minimum atomic E-state index is -0.962. The summed E-state index contributed by atoms with van der Waals surface area (Å²) in [4.78, 5) is 44.6. The zero-order chi connectivity index (χ0) is 16.4. The molecule has 0 aliphatic rings. The molecule has 9 heteroatoms. The van der Waals surface area contributed by atoms with Crippen molar-refractivity contribution < 1.29 is 33.4 Å². The average molecular weight is 321 g/mol. The van der Waals surface area contributed by atoms with Gasteiger partial charge in [-0.05, 0) is 25.6 Å². The molecule has 0 aromatic rings. The predicted molar refractivity (Wildman–Crippen MR) is 74.4 cm³/mol. The van der Waals surface area contributed by atoms with Gasteiger partial charge in [0, 0.05) is 19.6 Å². The van der Waals surface area contributed by atoms with Crippen molar-refractivity contribution in [3.05, 3.63) is 0 Å². The highest BCUT2D eigenvalue weighted by Gasteiger charge is 2.23. The van der Waals surface area contributed by atoms with E-state index in [2.05, 4.69) is 14.8 Å². The second-order valence-corrected chi connectivity index (χ2v) is 5.15. The summed E-state index contributed by atoms with van der Waals surface area (Å²) < 4.78 is 14.0. The fourth-order valence-corrected chi connectivity index (χ4v) is 1.74. The fraction of sp³-hybridized carbons (Fsp3) is 0.667. The molecule has 0 aliphatic carbocycles. The maximum absolute atomic E-state index is 11.7. The molecule has 0 saturated heterocycles. The van der Waals surface area contributed by atoms with E-state index in [0.717, 1.165) is 0 Å². The van der Waals surface area contributed by atoms with Gasteiger partial charge in [-0.3, -0.25) is 9.59 Å². The zero-order valence-electron chi connectivity index (χ0n) is 12.3. The van der Waals surface area contributed by atoms with Crippen LogP contribution in [0.1, 0.15) is 27.7 Å². The lowest BCUT2D eigenvalue weighted by molar-refractivity contribution is -0.150. The normalized spacial score (nSPS) is 11.5. The van der Waals surface area contributed by atoms with Crippen molar-refractivity contribution in [3.63, 3.8) is 0 Å². The number of carbonyl (C=O) groups is 4. The third-order valence-corrected chi connectivity index (χ3v) is 2.67. The summed E-state index contributed by atoms with van der Waals surface area (Å²) in [5, 5.41) is 1.65. The van der Waals surface area contributed by atoms with Crippen LogP contribution >= 0.6 is 11.8 Å². The van der Waals surface area contributed by atoms with Gasteiger partial charge in [-0.1, -0.05) is 0 Å². The number of hydrogen-bond acceptors (Lipinski definition) is 8. The molecule has 0 radical (unpaired) electrons. The van der Waals surface area contributed by atoms with Gasteiger partial charge in [0.25, 0.3) is 0 Å². The topological polar surface area (TPSA) is 108 Å². The Hall–Kier alpha value is -1.77. The molecule has 0 bridgehead atoms. The lowest BCUT2D eigenvalue weighted by Gasteiger charge is -2.17. The Morgan fingerprint density at radius 1 is 1.10 bits per heavy atom. The number of esters is 2. The first-order valence-corrected chi connectivity index (χ1v) is 7.11. The molecule has 0 rings (SSSR count). The van der Waals surface area contributed by atoms with Crippen LogP contribution in [0.3, 0.4) is 0 Å². The third kappa shape index (κ3) is 10.7. The van der Waals surface area contributed by atoms with Crippen LogP contribution < -0.4 is 5.32 Å². The van der Waals surface area contributed by atoms with Crippen LogP contribution in [0, 0.1) is 0 Å². The third-order valence-electron chi connectivity index (χ3n) is 1.82. The molecule has 1 N–H and O–H groups in total. The van der Waals surface area contributed by atoms with Gasteiger partial charge in [0.15, 0.2) is 0 Å². The van der Waals surface area contributed by atoms with Crippen molar-refractivity contribution in [2.45, 2.75) is 39.8 Å². The second-order valence-electron chi connectivity index (χ2n) is 4.20. The maximum atomic E-state index is 11.7.